The van der Waals surface area contributed by atoms with E-state index < -0.39 is 0 Å². The third kappa shape index (κ3) is 10.3. The van der Waals surface area contributed by atoms with E-state index in [-0.39, 0.29) is 11.8 Å². The van der Waals surface area contributed by atoms with Crippen molar-refractivity contribution in [3.05, 3.63) is 142 Å². The molecular weight excluding hydrogens is 917 g/mol. The predicted octanol–water partition coefficient (Wildman–Crippen LogP) is 19.5. The van der Waals surface area contributed by atoms with Gasteiger partial charge in [0.25, 0.3) is 11.8 Å². The monoisotopic (exact) mass is 991 g/mol. The molecule has 6 aromatic carbocycles. The molecule has 2 aromatic heterocycles. The summed E-state index contributed by atoms with van der Waals surface area (Å²) in [5.41, 5.74) is 6.95. The van der Waals surface area contributed by atoms with E-state index in [2.05, 4.69) is 137 Å². The smallest absolute Gasteiger partial charge is 0.261 e. The van der Waals surface area contributed by atoms with E-state index in [4.69, 9.17) is 0 Å². The van der Waals surface area contributed by atoms with Crippen LogP contribution in [-0.2, 0) is 9.59 Å². The van der Waals surface area contributed by atoms with Gasteiger partial charge in [0.1, 0.15) is 0 Å². The van der Waals surface area contributed by atoms with Crippen molar-refractivity contribution < 1.29 is 9.59 Å². The van der Waals surface area contributed by atoms with E-state index in [0.717, 1.165) is 59.3 Å². The van der Waals surface area contributed by atoms with Crippen molar-refractivity contribution in [2.75, 3.05) is 13.1 Å². The molecule has 0 N–H and O–H groups in total. The lowest BCUT2D eigenvalue weighted by molar-refractivity contribution is -0.124. The van der Waals surface area contributed by atoms with Crippen LogP contribution < -0.4 is 0 Å². The second kappa shape index (κ2) is 23.1. The molecule has 0 aliphatic carbocycles. The van der Waals surface area contributed by atoms with Gasteiger partial charge in [-0.2, -0.15) is 0 Å². The van der Waals surface area contributed by atoms with Gasteiger partial charge in [0, 0.05) is 43.0 Å². The molecular formula is C66H74N2O2S2. The molecule has 8 aromatic rings. The fourth-order valence-corrected chi connectivity index (χ4v) is 13.8. The molecule has 2 amide bonds. The minimum absolute atomic E-state index is 0.0266. The Bertz CT molecular complexity index is 3290. The van der Waals surface area contributed by atoms with Crippen LogP contribution in [0.4, 0.5) is 0 Å². The second-order valence-electron chi connectivity index (χ2n) is 21.0. The zero-order valence-corrected chi connectivity index (χ0v) is 45.1. The number of aryl methyl sites for hydroxylation is 2. The van der Waals surface area contributed by atoms with Crippen LogP contribution in [0.2, 0.25) is 0 Å². The van der Waals surface area contributed by atoms with Crippen LogP contribution in [-0.4, -0.2) is 34.7 Å². The van der Waals surface area contributed by atoms with Crippen molar-refractivity contribution in [2.45, 2.75) is 156 Å². The highest BCUT2D eigenvalue weighted by Gasteiger charge is 2.48. The predicted molar refractivity (Wildman–Crippen MR) is 312 cm³/mol. The molecule has 0 spiro atoms. The molecule has 4 nitrogen and oxygen atoms in total. The zero-order valence-electron chi connectivity index (χ0n) is 43.5. The molecule has 0 fully saturated rings. The van der Waals surface area contributed by atoms with Crippen LogP contribution in [0.3, 0.4) is 0 Å². The van der Waals surface area contributed by atoms with Gasteiger partial charge in [0.05, 0.1) is 22.5 Å². The highest BCUT2D eigenvalue weighted by atomic mass is 32.1. The normalized spacial score (nSPS) is 14.1. The Balaban J connectivity index is 0.939. The van der Waals surface area contributed by atoms with Crippen molar-refractivity contribution in [1.82, 2.24) is 9.80 Å². The van der Waals surface area contributed by atoms with Crippen LogP contribution in [0.15, 0.2) is 120 Å². The Morgan fingerprint density at radius 3 is 1.15 bits per heavy atom. The maximum absolute atomic E-state index is 15.1. The number of carbonyl (C=O) groups excluding carboxylic acids is 2. The summed E-state index contributed by atoms with van der Waals surface area (Å²) in [5, 5.41) is 10.4. The number of thiophene rings is 2. The Kier molecular flexibility index (Phi) is 16.0. The molecule has 6 heteroatoms. The fraction of sp³-hybridized carbons (Fsp3) is 0.394. The van der Waals surface area contributed by atoms with Gasteiger partial charge in [0.15, 0.2) is 0 Å². The highest BCUT2D eigenvalue weighted by Crippen LogP contribution is 2.48. The van der Waals surface area contributed by atoms with Gasteiger partial charge in [-0.1, -0.05) is 220 Å². The van der Waals surface area contributed by atoms with Crippen molar-refractivity contribution in [3.63, 3.8) is 0 Å². The molecule has 0 radical (unpaired) electrons. The van der Waals surface area contributed by atoms with Crippen molar-refractivity contribution in [3.8, 4) is 10.4 Å². The topological polar surface area (TPSA) is 40.6 Å². The summed E-state index contributed by atoms with van der Waals surface area (Å²) in [6.07, 6.45) is 24.7. The van der Waals surface area contributed by atoms with Crippen LogP contribution in [0, 0.1) is 13.8 Å². The summed E-state index contributed by atoms with van der Waals surface area (Å²) in [5.74, 6) is -0.0532. The van der Waals surface area contributed by atoms with E-state index in [1.165, 1.54) is 165 Å². The highest BCUT2D eigenvalue weighted by molar-refractivity contribution is 7.22. The van der Waals surface area contributed by atoms with Crippen molar-refractivity contribution in [1.29, 1.82) is 0 Å². The van der Waals surface area contributed by atoms with E-state index in [1.807, 2.05) is 32.5 Å². The number of benzene rings is 6. The standard InChI is InChI=1S/C66H74N2O2S2/c1-5-7-9-11-13-15-17-19-21-23-41-67-63(48-27-25-45(3)26-28-48)61-62(66(67)70)64(68(65(61)69)42-24-22-20-18-16-14-12-10-8-6-2)49-31-29-47(30-32-49)60-44-57-55-36-34-50-51(53(55)38-40-59(57)72-60)33-35-54-52(50)37-39-58-56(54)43-46(4)71-58/h25-40,43-44H,5-24,41-42H2,1-4H3. The summed E-state index contributed by atoms with van der Waals surface area (Å²) < 4.78 is 2.61. The molecule has 2 aliphatic heterocycles. The zero-order chi connectivity index (χ0) is 49.6. The van der Waals surface area contributed by atoms with Crippen LogP contribution in [0.5, 0.6) is 0 Å². The molecule has 0 unspecified atom stereocenters. The third-order valence-corrected chi connectivity index (χ3v) is 17.9. The second-order valence-corrected chi connectivity index (χ2v) is 23.4. The largest absolute Gasteiger partial charge is 0.307 e. The number of rotatable bonds is 25. The number of unbranched alkanes of at least 4 members (excludes halogenated alkanes) is 18. The number of amides is 2. The number of hydrogen-bond donors (Lipinski definition) is 0. The summed E-state index contributed by atoms with van der Waals surface area (Å²) in [6.45, 7) is 10.1. The molecule has 2 aliphatic rings. The first kappa shape index (κ1) is 50.0. The average Bonchev–Trinajstić information content (AvgIpc) is 4.16. The van der Waals surface area contributed by atoms with Gasteiger partial charge in [-0.25, -0.2) is 0 Å². The average molecular weight is 991 g/mol. The minimum atomic E-state index is -0.0266. The van der Waals surface area contributed by atoms with E-state index in [1.54, 1.807) is 0 Å². The van der Waals surface area contributed by atoms with Gasteiger partial charge in [-0.05, 0) is 100.0 Å². The van der Waals surface area contributed by atoms with Crippen LogP contribution >= 0.6 is 22.7 Å². The van der Waals surface area contributed by atoms with Crippen molar-refractivity contribution >= 4 is 98.4 Å². The summed E-state index contributed by atoms with van der Waals surface area (Å²) in [7, 11) is 0. The lowest BCUT2D eigenvalue weighted by Crippen LogP contribution is -2.31. The Morgan fingerprint density at radius 2 is 0.708 bits per heavy atom. The van der Waals surface area contributed by atoms with Gasteiger partial charge < -0.3 is 9.80 Å². The van der Waals surface area contributed by atoms with Crippen LogP contribution in [0.1, 0.15) is 164 Å². The van der Waals surface area contributed by atoms with Gasteiger partial charge in [-0.3, -0.25) is 9.59 Å². The quantitative estimate of drug-likeness (QED) is 0.0423. The molecule has 4 heterocycles. The molecule has 0 bridgehead atoms. The third-order valence-electron chi connectivity index (χ3n) is 15.7. The maximum atomic E-state index is 15.1. The molecule has 72 heavy (non-hydrogen) atoms. The minimum Gasteiger partial charge on any atom is -0.307 e. The summed E-state index contributed by atoms with van der Waals surface area (Å²) >= 11 is 3.69. The lowest BCUT2D eigenvalue weighted by Gasteiger charge is -2.25. The van der Waals surface area contributed by atoms with Gasteiger partial charge in [-0.15, -0.1) is 22.7 Å². The molecule has 0 saturated carbocycles. The first-order chi connectivity index (χ1) is 35.3. The fourth-order valence-electron chi connectivity index (χ4n) is 11.8. The summed E-state index contributed by atoms with van der Waals surface area (Å²) in [4.78, 5) is 36.7. The Morgan fingerprint density at radius 1 is 0.361 bits per heavy atom. The van der Waals surface area contributed by atoms with Gasteiger partial charge in [0.2, 0.25) is 0 Å². The van der Waals surface area contributed by atoms with Crippen molar-refractivity contribution in [2.24, 2.45) is 0 Å². The summed E-state index contributed by atoms with van der Waals surface area (Å²) in [6, 6.07) is 40.3. The van der Waals surface area contributed by atoms with E-state index in [9.17, 15) is 0 Å². The molecule has 0 saturated heterocycles. The lowest BCUT2D eigenvalue weighted by atomic mass is 9.94. The molecule has 0 atom stereocenters. The molecule has 372 valence electrons. The first-order valence-corrected chi connectivity index (χ1v) is 29.5. The maximum Gasteiger partial charge on any atom is 0.261 e. The molecule has 10 rings (SSSR count). The van der Waals surface area contributed by atoms with E-state index >= 15 is 9.59 Å². The van der Waals surface area contributed by atoms with Crippen LogP contribution in [0.25, 0.3) is 74.3 Å². The SMILES string of the molecule is CCCCCCCCCCCCN1C(=O)C2=C(c3ccc(-c4cc5c(ccc6c5ccc5c7ccc8sc(C)cc8c7ccc65)s4)cc3)N(CCCCCCCCCCCC)C(=O)C2=C1c1ccc(C)cc1. The number of carbonyl (C=O) groups is 2. The Hall–Kier alpha value is -5.56. The number of nitrogens with zero attached hydrogens (tertiary/aromatic N) is 2. The number of hydrogen-bond acceptors (Lipinski definition) is 4. The first-order valence-electron chi connectivity index (χ1n) is 27.9. The number of fused-ring (bicyclic) bond motifs is 10. The Labute approximate surface area is 436 Å². The van der Waals surface area contributed by atoms with Gasteiger partial charge >= 0.3 is 0 Å². The van der Waals surface area contributed by atoms with E-state index in [0.29, 0.717) is 24.2 Å².